The summed E-state index contributed by atoms with van der Waals surface area (Å²) in [5.74, 6) is 0. The Kier molecular flexibility index (Phi) is 5.26. The van der Waals surface area contributed by atoms with Gasteiger partial charge in [-0.3, -0.25) is 4.90 Å². The number of ether oxygens (including phenoxy) is 1. The highest BCUT2D eigenvalue weighted by molar-refractivity contribution is 4.85. The van der Waals surface area contributed by atoms with E-state index in [4.69, 9.17) is 4.74 Å². The van der Waals surface area contributed by atoms with E-state index >= 15 is 0 Å². The van der Waals surface area contributed by atoms with E-state index in [2.05, 4.69) is 24.2 Å². The maximum Gasteiger partial charge on any atom is 0.0621 e. The number of nitrogens with one attached hydrogen (secondary N) is 1. The largest absolute Gasteiger partial charge is 0.380 e. The molecule has 0 aromatic carbocycles. The molecule has 0 radical (unpaired) electrons. The van der Waals surface area contributed by atoms with Crippen LogP contribution in [0.15, 0.2) is 0 Å². The molecule has 0 bridgehead atoms. The molecule has 1 unspecified atom stereocenters. The molecule has 1 saturated carbocycles. The number of nitrogens with zero attached hydrogens (tertiary/aromatic N) is 1. The summed E-state index contributed by atoms with van der Waals surface area (Å²) in [6.07, 6.45) is 7.95. The molecule has 2 aliphatic rings. The van der Waals surface area contributed by atoms with E-state index in [-0.39, 0.29) is 0 Å². The molecule has 2 fully saturated rings. The Morgan fingerprint density at radius 1 is 1.12 bits per heavy atom. The Morgan fingerprint density at radius 3 is 2.47 bits per heavy atom. The van der Waals surface area contributed by atoms with Crippen LogP contribution in [0.5, 0.6) is 0 Å². The fraction of sp³-hybridized carbons (Fsp3) is 1.00. The zero-order valence-corrected chi connectivity index (χ0v) is 11.5. The van der Waals surface area contributed by atoms with Crippen LogP contribution in [0.3, 0.4) is 0 Å². The first-order chi connectivity index (χ1) is 8.31. The Bertz CT molecular complexity index is 208. The first kappa shape index (κ1) is 13.3. The summed E-state index contributed by atoms with van der Waals surface area (Å²) in [7, 11) is 2.30. The minimum Gasteiger partial charge on any atom is -0.380 e. The Hall–Kier alpha value is -0.120. The van der Waals surface area contributed by atoms with Crippen molar-refractivity contribution in [3.63, 3.8) is 0 Å². The highest BCUT2D eigenvalue weighted by Crippen LogP contribution is 2.25. The number of likely N-dealkylation sites (N-methyl/N-ethyl adjacent to an activating group) is 1. The first-order valence-corrected chi connectivity index (χ1v) is 7.34. The van der Waals surface area contributed by atoms with Crippen LogP contribution in [-0.2, 0) is 4.74 Å². The standard InChI is InChI=1S/C14H28N2O/c1-3-15-12-6-8-13(9-7-12)16(2)14-5-4-10-17-11-14/h12-15H,3-11H2,1-2H3. The monoisotopic (exact) mass is 240 g/mol. The molecule has 1 atom stereocenters. The van der Waals surface area contributed by atoms with Crippen molar-refractivity contribution >= 4 is 0 Å². The average molecular weight is 240 g/mol. The maximum absolute atomic E-state index is 5.60. The molecule has 2 rings (SSSR count). The van der Waals surface area contributed by atoms with E-state index in [1.165, 1.54) is 38.5 Å². The van der Waals surface area contributed by atoms with Crippen molar-refractivity contribution in [3.8, 4) is 0 Å². The summed E-state index contributed by atoms with van der Waals surface area (Å²) in [5, 5.41) is 3.58. The van der Waals surface area contributed by atoms with Crippen LogP contribution in [0.25, 0.3) is 0 Å². The van der Waals surface area contributed by atoms with Crippen LogP contribution in [0.4, 0.5) is 0 Å². The molecule has 0 aromatic rings. The van der Waals surface area contributed by atoms with Gasteiger partial charge < -0.3 is 10.1 Å². The lowest BCUT2D eigenvalue weighted by molar-refractivity contribution is 0.00427. The molecular formula is C14H28N2O. The summed E-state index contributed by atoms with van der Waals surface area (Å²) >= 11 is 0. The predicted octanol–water partition coefficient (Wildman–Crippen LogP) is 2.02. The molecule has 1 aliphatic heterocycles. The summed E-state index contributed by atoms with van der Waals surface area (Å²) in [6, 6.07) is 2.23. The molecule has 3 heteroatoms. The molecule has 1 saturated heterocycles. The lowest BCUT2D eigenvalue weighted by Crippen LogP contribution is -2.47. The zero-order chi connectivity index (χ0) is 12.1. The third-order valence-corrected chi connectivity index (χ3v) is 4.48. The summed E-state index contributed by atoms with van der Waals surface area (Å²) < 4.78 is 5.60. The quantitative estimate of drug-likeness (QED) is 0.813. The van der Waals surface area contributed by atoms with Crippen LogP contribution in [0, 0.1) is 0 Å². The summed E-state index contributed by atoms with van der Waals surface area (Å²) in [4.78, 5) is 2.60. The fourth-order valence-corrected chi connectivity index (χ4v) is 3.32. The minimum absolute atomic E-state index is 0.671. The lowest BCUT2D eigenvalue weighted by Gasteiger charge is -2.40. The van der Waals surface area contributed by atoms with E-state index in [0.717, 1.165) is 31.8 Å². The van der Waals surface area contributed by atoms with E-state index in [0.29, 0.717) is 6.04 Å². The van der Waals surface area contributed by atoms with E-state index < -0.39 is 0 Å². The van der Waals surface area contributed by atoms with Crippen molar-refractivity contribution in [2.24, 2.45) is 0 Å². The highest BCUT2D eigenvalue weighted by Gasteiger charge is 2.28. The van der Waals surface area contributed by atoms with Gasteiger partial charge in [0, 0.05) is 24.7 Å². The van der Waals surface area contributed by atoms with Crippen molar-refractivity contribution in [1.29, 1.82) is 0 Å². The highest BCUT2D eigenvalue weighted by atomic mass is 16.5. The van der Waals surface area contributed by atoms with Gasteiger partial charge in [0.1, 0.15) is 0 Å². The fourth-order valence-electron chi connectivity index (χ4n) is 3.32. The van der Waals surface area contributed by atoms with Crippen molar-refractivity contribution in [2.45, 2.75) is 63.6 Å². The smallest absolute Gasteiger partial charge is 0.0621 e. The predicted molar refractivity (Wildman–Crippen MR) is 71.3 cm³/mol. The number of hydrogen-bond donors (Lipinski definition) is 1. The van der Waals surface area contributed by atoms with Crippen LogP contribution >= 0.6 is 0 Å². The molecule has 3 nitrogen and oxygen atoms in total. The summed E-state index contributed by atoms with van der Waals surface area (Å²) in [6.45, 7) is 5.24. The van der Waals surface area contributed by atoms with Gasteiger partial charge >= 0.3 is 0 Å². The maximum atomic E-state index is 5.60. The summed E-state index contributed by atoms with van der Waals surface area (Å²) in [5.41, 5.74) is 0. The molecule has 1 aliphatic carbocycles. The topological polar surface area (TPSA) is 24.5 Å². The molecule has 1 heterocycles. The van der Waals surface area contributed by atoms with Crippen molar-refractivity contribution < 1.29 is 4.74 Å². The van der Waals surface area contributed by atoms with E-state index in [1.54, 1.807) is 0 Å². The first-order valence-electron chi connectivity index (χ1n) is 7.34. The van der Waals surface area contributed by atoms with Gasteiger partial charge in [-0.05, 0) is 52.1 Å². The lowest BCUT2D eigenvalue weighted by atomic mass is 9.89. The molecule has 100 valence electrons. The van der Waals surface area contributed by atoms with Gasteiger partial charge in [-0.25, -0.2) is 0 Å². The zero-order valence-electron chi connectivity index (χ0n) is 11.5. The molecule has 0 amide bonds. The SMILES string of the molecule is CCNC1CCC(N(C)C2CCCOC2)CC1. The van der Waals surface area contributed by atoms with Crippen molar-refractivity contribution in [3.05, 3.63) is 0 Å². The van der Waals surface area contributed by atoms with Gasteiger partial charge in [0.2, 0.25) is 0 Å². The van der Waals surface area contributed by atoms with E-state index in [9.17, 15) is 0 Å². The molecule has 17 heavy (non-hydrogen) atoms. The third-order valence-electron chi connectivity index (χ3n) is 4.48. The van der Waals surface area contributed by atoms with Crippen LogP contribution in [-0.4, -0.2) is 49.8 Å². The Morgan fingerprint density at radius 2 is 1.88 bits per heavy atom. The molecule has 0 spiro atoms. The van der Waals surface area contributed by atoms with Crippen molar-refractivity contribution in [2.75, 3.05) is 26.8 Å². The second kappa shape index (κ2) is 6.72. The second-order valence-electron chi connectivity index (χ2n) is 5.60. The van der Waals surface area contributed by atoms with Gasteiger partial charge in [-0.2, -0.15) is 0 Å². The van der Waals surface area contributed by atoms with Gasteiger partial charge in [-0.1, -0.05) is 6.92 Å². The minimum atomic E-state index is 0.671. The van der Waals surface area contributed by atoms with Gasteiger partial charge in [0.25, 0.3) is 0 Å². The molecule has 0 aromatic heterocycles. The normalized spacial score (nSPS) is 35.1. The van der Waals surface area contributed by atoms with Crippen LogP contribution in [0.1, 0.15) is 45.4 Å². The van der Waals surface area contributed by atoms with Gasteiger partial charge in [0.05, 0.1) is 6.61 Å². The number of rotatable bonds is 4. The number of hydrogen-bond acceptors (Lipinski definition) is 3. The average Bonchev–Trinajstić information content (AvgIpc) is 2.40. The molecule has 1 N–H and O–H groups in total. The Labute approximate surface area is 106 Å². The van der Waals surface area contributed by atoms with Gasteiger partial charge in [0.15, 0.2) is 0 Å². The van der Waals surface area contributed by atoms with Crippen LogP contribution in [0.2, 0.25) is 0 Å². The second-order valence-corrected chi connectivity index (χ2v) is 5.60. The van der Waals surface area contributed by atoms with Crippen LogP contribution < -0.4 is 5.32 Å². The van der Waals surface area contributed by atoms with Crippen molar-refractivity contribution in [1.82, 2.24) is 10.2 Å². The van der Waals surface area contributed by atoms with Gasteiger partial charge in [-0.15, -0.1) is 0 Å². The van der Waals surface area contributed by atoms with E-state index in [1.807, 2.05) is 0 Å². The third kappa shape index (κ3) is 3.67. The molecular weight excluding hydrogens is 212 g/mol. The Balaban J connectivity index is 1.75.